The van der Waals surface area contributed by atoms with Gasteiger partial charge in [0, 0.05) is 29.2 Å². The van der Waals surface area contributed by atoms with Gasteiger partial charge in [-0.15, -0.1) is 0 Å². The molecule has 1 saturated heterocycles. The highest BCUT2D eigenvalue weighted by molar-refractivity contribution is 6.46. The zero-order valence-electron chi connectivity index (χ0n) is 20.4. The van der Waals surface area contributed by atoms with E-state index in [-0.39, 0.29) is 23.8 Å². The van der Waals surface area contributed by atoms with Crippen LogP contribution in [0.25, 0.3) is 16.7 Å². The lowest BCUT2D eigenvalue weighted by atomic mass is 9.95. The lowest BCUT2D eigenvalue weighted by molar-refractivity contribution is -0.140. The van der Waals surface area contributed by atoms with Crippen molar-refractivity contribution < 1.29 is 23.8 Å². The number of methoxy groups -OCH3 is 1. The number of fused-ring (bicyclic) bond motifs is 1. The summed E-state index contributed by atoms with van der Waals surface area (Å²) in [5.74, 6) is -0.359. The van der Waals surface area contributed by atoms with Crippen LogP contribution in [0.4, 0.5) is 0 Å². The van der Waals surface area contributed by atoms with Crippen molar-refractivity contribution in [3.05, 3.63) is 95.1 Å². The predicted octanol–water partition coefficient (Wildman–Crippen LogP) is 5.56. The quantitative estimate of drug-likeness (QED) is 0.203. The van der Waals surface area contributed by atoms with Gasteiger partial charge in [-0.05, 0) is 59.9 Å². The van der Waals surface area contributed by atoms with Gasteiger partial charge in [0.2, 0.25) is 0 Å². The Morgan fingerprint density at radius 3 is 2.67 bits per heavy atom. The number of carbonyl (C=O) groups excluding carboxylic acids is 2. The van der Waals surface area contributed by atoms with Crippen molar-refractivity contribution in [1.29, 1.82) is 0 Å². The Hall–Kier alpha value is -4.26. The Morgan fingerprint density at radius 2 is 1.94 bits per heavy atom. The van der Waals surface area contributed by atoms with E-state index < -0.39 is 17.7 Å². The Kier molecular flexibility index (Phi) is 6.14. The lowest BCUT2D eigenvalue weighted by Crippen LogP contribution is -2.31. The Balaban J connectivity index is 1.55. The van der Waals surface area contributed by atoms with E-state index in [9.17, 15) is 14.7 Å². The van der Waals surface area contributed by atoms with Crippen LogP contribution in [0, 0.1) is 0 Å². The van der Waals surface area contributed by atoms with E-state index in [0.717, 1.165) is 22.0 Å². The highest BCUT2D eigenvalue weighted by Gasteiger charge is 2.47. The predicted molar refractivity (Wildman–Crippen MR) is 137 cm³/mol. The summed E-state index contributed by atoms with van der Waals surface area (Å²) in [5, 5.41) is 12.4. The fourth-order valence-electron chi connectivity index (χ4n) is 4.92. The smallest absolute Gasteiger partial charge is 0.295 e. The van der Waals surface area contributed by atoms with Crippen molar-refractivity contribution in [3.63, 3.8) is 0 Å². The molecule has 4 aromatic rings. The van der Waals surface area contributed by atoms with Crippen LogP contribution in [0.15, 0.2) is 77.0 Å². The average molecular weight is 485 g/mol. The molecule has 1 aliphatic heterocycles. The monoisotopic (exact) mass is 484 g/mol. The minimum absolute atomic E-state index is 0.0220. The van der Waals surface area contributed by atoms with Crippen molar-refractivity contribution >= 4 is 28.4 Å². The van der Waals surface area contributed by atoms with Crippen LogP contribution in [0.1, 0.15) is 48.3 Å². The first-order chi connectivity index (χ1) is 17.4. The molecule has 0 radical (unpaired) electrons. The summed E-state index contributed by atoms with van der Waals surface area (Å²) in [5.41, 5.74) is 3.42. The van der Waals surface area contributed by atoms with Crippen LogP contribution in [-0.2, 0) is 16.0 Å². The number of H-pyrrole nitrogens is 1. The molecule has 0 saturated carbocycles. The summed E-state index contributed by atoms with van der Waals surface area (Å²) < 4.78 is 11.1. The normalized spacial score (nSPS) is 17.4. The van der Waals surface area contributed by atoms with E-state index in [4.69, 9.17) is 9.15 Å². The van der Waals surface area contributed by atoms with Gasteiger partial charge in [-0.25, -0.2) is 0 Å². The van der Waals surface area contributed by atoms with Crippen LogP contribution >= 0.6 is 0 Å². The van der Waals surface area contributed by atoms with Crippen LogP contribution in [-0.4, -0.2) is 40.3 Å². The third-order valence-electron chi connectivity index (χ3n) is 6.77. The second-order valence-electron chi connectivity index (χ2n) is 9.23. The maximum Gasteiger partial charge on any atom is 0.295 e. The highest BCUT2D eigenvalue weighted by Crippen LogP contribution is 2.40. The van der Waals surface area contributed by atoms with Crippen LogP contribution in [0.3, 0.4) is 0 Å². The van der Waals surface area contributed by atoms with Crippen molar-refractivity contribution in [1.82, 2.24) is 9.88 Å². The number of Topliss-reactive ketones (excluding diaryl/α,β-unsaturated/α-hetero) is 1. The molecule has 0 aliphatic carbocycles. The van der Waals surface area contributed by atoms with Gasteiger partial charge in [0.25, 0.3) is 11.7 Å². The molecule has 0 spiro atoms. The Bertz CT molecular complexity index is 1460. The number of furan rings is 1. The number of aromatic nitrogens is 1. The molecule has 7 heteroatoms. The zero-order valence-corrected chi connectivity index (χ0v) is 20.4. The number of nitrogens with zero attached hydrogens (tertiary/aromatic N) is 1. The first kappa shape index (κ1) is 23.5. The van der Waals surface area contributed by atoms with E-state index in [0.29, 0.717) is 23.5 Å². The number of rotatable bonds is 7. The molecule has 2 aromatic heterocycles. The molecule has 184 valence electrons. The summed E-state index contributed by atoms with van der Waals surface area (Å²) in [6.07, 6.45) is 3.96. The largest absolute Gasteiger partial charge is 0.507 e. The minimum atomic E-state index is -0.824. The van der Waals surface area contributed by atoms with E-state index in [1.807, 2.05) is 44.3 Å². The number of ketones is 1. The molecule has 1 fully saturated rings. The second-order valence-corrected chi connectivity index (χ2v) is 9.23. The van der Waals surface area contributed by atoms with Gasteiger partial charge in [0.1, 0.15) is 23.3 Å². The molecule has 1 amide bonds. The van der Waals surface area contributed by atoms with Crippen LogP contribution in [0.2, 0.25) is 0 Å². The standard InChI is InChI=1S/C29H28N2O5/c1-17(2)21-15-18(10-11-23(21)35-3)27(32)25-26(24-9-6-14-36-24)31(29(34)28(25)33)13-12-19-16-30-22-8-5-4-7-20(19)22/h4-11,14-17,26,30,32H,12-13H2,1-3H3/b27-25-. The summed E-state index contributed by atoms with van der Waals surface area (Å²) in [6.45, 7) is 4.33. The highest BCUT2D eigenvalue weighted by atomic mass is 16.5. The molecular formula is C29H28N2O5. The number of aromatic amines is 1. The van der Waals surface area contributed by atoms with Gasteiger partial charge >= 0.3 is 0 Å². The van der Waals surface area contributed by atoms with Crippen molar-refractivity contribution in [2.24, 2.45) is 0 Å². The van der Waals surface area contributed by atoms with Crippen LogP contribution in [0.5, 0.6) is 5.75 Å². The maximum absolute atomic E-state index is 13.3. The van der Waals surface area contributed by atoms with Gasteiger partial charge in [0.15, 0.2) is 0 Å². The summed E-state index contributed by atoms with van der Waals surface area (Å²) in [7, 11) is 1.59. The number of amides is 1. The Morgan fingerprint density at radius 1 is 1.14 bits per heavy atom. The molecule has 7 nitrogen and oxygen atoms in total. The second kappa shape index (κ2) is 9.41. The number of benzene rings is 2. The molecule has 0 bridgehead atoms. The van der Waals surface area contributed by atoms with Gasteiger partial charge in [-0.2, -0.15) is 0 Å². The number of aliphatic hydroxyl groups is 1. The third-order valence-corrected chi connectivity index (χ3v) is 6.77. The number of hydrogen-bond donors (Lipinski definition) is 2. The molecule has 5 rings (SSSR count). The topological polar surface area (TPSA) is 95.8 Å². The van der Waals surface area contributed by atoms with Gasteiger partial charge in [-0.3, -0.25) is 9.59 Å². The molecule has 2 N–H and O–H groups in total. The Labute approximate surface area is 209 Å². The van der Waals surface area contributed by atoms with Crippen molar-refractivity contribution in [2.45, 2.75) is 32.2 Å². The lowest BCUT2D eigenvalue weighted by Gasteiger charge is -2.23. The molecular weight excluding hydrogens is 456 g/mol. The van der Waals surface area contributed by atoms with Crippen molar-refractivity contribution in [2.75, 3.05) is 13.7 Å². The minimum Gasteiger partial charge on any atom is -0.507 e. The van der Waals surface area contributed by atoms with E-state index in [2.05, 4.69) is 4.98 Å². The molecule has 1 aliphatic rings. The SMILES string of the molecule is COc1ccc(/C(O)=C2/C(=O)C(=O)N(CCc3c[nH]c4ccccc34)C2c2ccco2)cc1C(C)C. The number of nitrogens with one attached hydrogen (secondary N) is 1. The fraction of sp³-hybridized carbons (Fsp3) is 0.241. The molecule has 1 unspecified atom stereocenters. The van der Waals surface area contributed by atoms with Crippen LogP contribution < -0.4 is 4.74 Å². The van der Waals surface area contributed by atoms with Gasteiger partial charge < -0.3 is 24.1 Å². The van der Waals surface area contributed by atoms with Crippen molar-refractivity contribution in [3.8, 4) is 5.75 Å². The molecule has 1 atom stereocenters. The zero-order chi connectivity index (χ0) is 25.4. The number of hydrogen-bond acceptors (Lipinski definition) is 5. The maximum atomic E-state index is 13.3. The number of carbonyl (C=O) groups is 2. The summed E-state index contributed by atoms with van der Waals surface area (Å²) >= 11 is 0. The number of likely N-dealkylation sites (tertiary alicyclic amines) is 1. The molecule has 3 heterocycles. The van der Waals surface area contributed by atoms with E-state index in [1.165, 1.54) is 11.2 Å². The molecule has 36 heavy (non-hydrogen) atoms. The molecule has 2 aromatic carbocycles. The number of ether oxygens (including phenoxy) is 1. The van der Waals surface area contributed by atoms with E-state index >= 15 is 0 Å². The van der Waals surface area contributed by atoms with Gasteiger partial charge in [0.05, 0.1) is 18.9 Å². The fourth-order valence-corrected chi connectivity index (χ4v) is 4.92. The summed E-state index contributed by atoms with van der Waals surface area (Å²) in [6, 6.07) is 15.8. The van der Waals surface area contributed by atoms with E-state index in [1.54, 1.807) is 37.4 Å². The number of para-hydroxylation sites is 1. The summed E-state index contributed by atoms with van der Waals surface area (Å²) in [4.78, 5) is 31.2. The number of aliphatic hydroxyl groups excluding tert-OH is 1. The first-order valence-electron chi connectivity index (χ1n) is 12.0. The first-order valence-corrected chi connectivity index (χ1v) is 12.0. The average Bonchev–Trinajstić information content (AvgIpc) is 3.61. The van der Waals surface area contributed by atoms with Gasteiger partial charge in [-0.1, -0.05) is 32.0 Å². The third kappa shape index (κ3) is 3.96.